The van der Waals surface area contributed by atoms with Crippen LogP contribution in [0.3, 0.4) is 0 Å². The van der Waals surface area contributed by atoms with Gasteiger partial charge < -0.3 is 40.3 Å². The number of nitrogens with one attached hydrogen (secondary N) is 3. The van der Waals surface area contributed by atoms with Gasteiger partial charge in [-0.3, -0.25) is 24.3 Å². The van der Waals surface area contributed by atoms with Gasteiger partial charge in [0.2, 0.25) is 17.6 Å². The number of aliphatic hydroxyl groups is 1. The summed E-state index contributed by atoms with van der Waals surface area (Å²) in [5.74, 6) is -3.62. The number of pyridine rings is 1. The molecule has 2 saturated heterocycles. The second-order valence-corrected chi connectivity index (χ2v) is 18.8. The Kier molecular flexibility index (Phi) is 16.7. The number of fused-ring (bicyclic) bond motifs is 1. The maximum absolute atomic E-state index is 14.9. The van der Waals surface area contributed by atoms with E-state index in [1.165, 1.54) is 29.5 Å². The van der Waals surface area contributed by atoms with Crippen molar-refractivity contribution in [2.75, 3.05) is 82.0 Å². The van der Waals surface area contributed by atoms with Gasteiger partial charge in [0.1, 0.15) is 11.9 Å². The second-order valence-electron chi connectivity index (χ2n) is 17.9. The minimum Gasteiger partial charge on any atom is -0.480 e. The first-order valence-electron chi connectivity index (χ1n) is 22.9. The number of amides is 3. The Morgan fingerprint density at radius 2 is 1.68 bits per heavy atom. The molecule has 2 atom stereocenters. The maximum atomic E-state index is 14.9. The van der Waals surface area contributed by atoms with E-state index in [4.69, 9.17) is 14.5 Å². The number of aliphatic hydroxyl groups excluding tert-OH is 1. The molecule has 7 rings (SSSR count). The molecule has 356 valence electrons. The second kappa shape index (κ2) is 22.6. The molecule has 0 radical (unpaired) electrons. The molecule has 5 heterocycles. The molecule has 3 aliphatic rings. The normalized spacial score (nSPS) is 18.3. The number of rotatable bonds is 20. The predicted molar refractivity (Wildman–Crippen MR) is 247 cm³/mol. The number of nitrogens with zero attached hydrogens (tertiary/aromatic N) is 5. The molecule has 0 spiro atoms. The highest BCUT2D eigenvalue weighted by Gasteiger charge is 2.42. The zero-order chi connectivity index (χ0) is 46.8. The third-order valence-electron chi connectivity index (χ3n) is 12.3. The van der Waals surface area contributed by atoms with Crippen LogP contribution in [0.15, 0.2) is 47.8 Å². The van der Waals surface area contributed by atoms with E-state index in [2.05, 4.69) is 25.8 Å². The van der Waals surface area contributed by atoms with Crippen LogP contribution in [0.4, 0.5) is 24.0 Å². The number of morpholine rings is 1. The number of piperazine rings is 1. The van der Waals surface area contributed by atoms with Crippen LogP contribution >= 0.6 is 11.3 Å². The van der Waals surface area contributed by atoms with Gasteiger partial charge in [0.25, 0.3) is 5.91 Å². The standard InChI is InChI=1S/C48H61F3N8O6S/c1-31-25-58(26-42(62)59-30-48(2,3)45-39(59)23-33(37(27-60)55-45)22-32-10-12-34(49)13-11-32)40(24-54-31)46(63)53-17-9-7-5-4-6-8-16-52-41(61)28-65-44-35(14-15-36(50)43(44)51)38-29-66-47(56-38)57-18-20-64-21-19-57/h10-15,23,29,31,40,54,60H,4-9,16-22,24-28,30H2,1-3H3,(H,52,61)(H,53,63)/t31-,40-/m1/s1. The molecule has 18 heteroatoms. The summed E-state index contributed by atoms with van der Waals surface area (Å²) < 4.78 is 53.7. The van der Waals surface area contributed by atoms with Gasteiger partial charge in [-0.1, -0.05) is 51.7 Å². The maximum Gasteiger partial charge on any atom is 0.257 e. The van der Waals surface area contributed by atoms with E-state index >= 15 is 0 Å². The van der Waals surface area contributed by atoms with E-state index in [1.807, 2.05) is 31.7 Å². The number of benzene rings is 2. The first-order chi connectivity index (χ1) is 31.8. The number of hydrogen-bond acceptors (Lipinski definition) is 12. The van der Waals surface area contributed by atoms with E-state index in [9.17, 15) is 32.7 Å². The summed E-state index contributed by atoms with van der Waals surface area (Å²) in [6.07, 6.45) is 5.66. The minimum absolute atomic E-state index is 0.0542. The van der Waals surface area contributed by atoms with E-state index in [0.29, 0.717) is 82.5 Å². The molecule has 14 nitrogen and oxygen atoms in total. The molecule has 3 amide bonds. The Bertz CT molecular complexity index is 2310. The Labute approximate surface area is 388 Å². The van der Waals surface area contributed by atoms with Crippen molar-refractivity contribution in [2.24, 2.45) is 0 Å². The molecule has 2 aromatic carbocycles. The number of unbranched alkanes of at least 4 members (excludes halogenated alkanes) is 5. The number of ether oxygens (including phenoxy) is 2. The van der Waals surface area contributed by atoms with Crippen LogP contribution in [0, 0.1) is 17.5 Å². The zero-order valence-corrected chi connectivity index (χ0v) is 38.8. The summed E-state index contributed by atoms with van der Waals surface area (Å²) in [6.45, 7) is 10.2. The molecule has 0 saturated carbocycles. The highest BCUT2D eigenvalue weighted by molar-refractivity contribution is 7.14. The SMILES string of the molecule is C[C@@H]1CN(CC(=O)N2CC(C)(C)c3nc(CO)c(Cc4ccc(F)cc4)cc32)[C@@H](C(=O)NCCCCCCCCNC(=O)COc2c(-c3csc(N4CCOCC4)n3)ccc(F)c2F)CN1. The van der Waals surface area contributed by atoms with Gasteiger partial charge in [-0.15, -0.1) is 11.3 Å². The number of aromatic nitrogens is 2. The summed E-state index contributed by atoms with van der Waals surface area (Å²) in [5, 5.41) is 22.0. The summed E-state index contributed by atoms with van der Waals surface area (Å²) in [7, 11) is 0. The Hall–Kier alpha value is -5.14. The molecule has 4 N–H and O–H groups in total. The van der Waals surface area contributed by atoms with Crippen LogP contribution in [0.2, 0.25) is 0 Å². The number of hydrogen-bond donors (Lipinski definition) is 4. The van der Waals surface area contributed by atoms with Gasteiger partial charge in [0.15, 0.2) is 23.3 Å². The smallest absolute Gasteiger partial charge is 0.257 e. The third kappa shape index (κ3) is 12.2. The lowest BCUT2D eigenvalue weighted by Crippen LogP contribution is -2.62. The molecule has 0 unspecified atom stereocenters. The molecule has 3 aliphatic heterocycles. The zero-order valence-electron chi connectivity index (χ0n) is 38.0. The largest absolute Gasteiger partial charge is 0.480 e. The van der Waals surface area contributed by atoms with E-state index in [0.717, 1.165) is 66.5 Å². The summed E-state index contributed by atoms with van der Waals surface area (Å²) in [5.41, 5.74) is 3.84. The Morgan fingerprint density at radius 3 is 2.41 bits per heavy atom. The fourth-order valence-electron chi connectivity index (χ4n) is 8.72. The first-order valence-corrected chi connectivity index (χ1v) is 23.8. The quantitative estimate of drug-likeness (QED) is 0.0832. The molecule has 66 heavy (non-hydrogen) atoms. The molecule has 0 bridgehead atoms. The summed E-state index contributed by atoms with van der Waals surface area (Å²) in [4.78, 5) is 55.5. The van der Waals surface area contributed by atoms with E-state index < -0.39 is 35.6 Å². The van der Waals surface area contributed by atoms with Crippen LogP contribution in [0.5, 0.6) is 5.75 Å². The Morgan fingerprint density at radius 1 is 0.970 bits per heavy atom. The summed E-state index contributed by atoms with van der Waals surface area (Å²) in [6, 6.07) is 10.1. The van der Waals surface area contributed by atoms with Crippen LogP contribution in [-0.4, -0.2) is 122 Å². The van der Waals surface area contributed by atoms with Gasteiger partial charge >= 0.3 is 0 Å². The number of carbonyl (C=O) groups is 3. The van der Waals surface area contributed by atoms with Crippen molar-refractivity contribution in [1.29, 1.82) is 0 Å². The lowest BCUT2D eigenvalue weighted by Gasteiger charge is -2.38. The number of halogens is 3. The molecule has 2 aromatic heterocycles. The monoisotopic (exact) mass is 934 g/mol. The summed E-state index contributed by atoms with van der Waals surface area (Å²) >= 11 is 1.39. The third-order valence-corrected chi connectivity index (χ3v) is 13.2. The van der Waals surface area contributed by atoms with Crippen LogP contribution in [-0.2, 0) is 37.6 Å². The fraction of sp³-hybridized carbons (Fsp3) is 0.521. The van der Waals surface area contributed by atoms with Crippen LogP contribution < -0.4 is 30.5 Å². The van der Waals surface area contributed by atoms with Gasteiger partial charge in [-0.2, -0.15) is 4.39 Å². The molecule has 4 aromatic rings. The van der Waals surface area contributed by atoms with E-state index in [-0.39, 0.29) is 48.1 Å². The minimum atomic E-state index is -1.17. The van der Waals surface area contributed by atoms with Crippen molar-refractivity contribution in [3.05, 3.63) is 87.8 Å². The highest BCUT2D eigenvalue weighted by atomic mass is 32.1. The van der Waals surface area contributed by atoms with Crippen molar-refractivity contribution < 1.29 is 42.1 Å². The molecule has 0 aliphatic carbocycles. The van der Waals surface area contributed by atoms with Gasteiger partial charge in [-0.25, -0.2) is 13.8 Å². The topological polar surface area (TPSA) is 161 Å². The average Bonchev–Trinajstić information content (AvgIpc) is 3.90. The fourth-order valence-corrected chi connectivity index (χ4v) is 9.60. The first kappa shape index (κ1) is 48.8. The van der Waals surface area contributed by atoms with Crippen molar-refractivity contribution in [2.45, 2.75) is 89.8 Å². The molecule has 2 fully saturated rings. The van der Waals surface area contributed by atoms with Crippen molar-refractivity contribution in [3.63, 3.8) is 0 Å². The van der Waals surface area contributed by atoms with Gasteiger partial charge in [0.05, 0.1) is 49.1 Å². The van der Waals surface area contributed by atoms with Crippen molar-refractivity contribution in [3.8, 4) is 17.0 Å². The highest BCUT2D eigenvalue weighted by Crippen LogP contribution is 2.41. The number of thiazole rings is 1. The van der Waals surface area contributed by atoms with Crippen LogP contribution in [0.25, 0.3) is 11.3 Å². The molecular weight excluding hydrogens is 874 g/mol. The Balaban J connectivity index is 0.809. The lowest BCUT2D eigenvalue weighted by atomic mass is 9.90. The van der Waals surface area contributed by atoms with Gasteiger partial charge in [0, 0.05) is 68.2 Å². The van der Waals surface area contributed by atoms with Crippen molar-refractivity contribution >= 4 is 39.9 Å². The number of carbonyl (C=O) groups excluding carboxylic acids is 3. The number of anilines is 2. The predicted octanol–water partition coefficient (Wildman–Crippen LogP) is 5.48. The van der Waals surface area contributed by atoms with E-state index in [1.54, 1.807) is 22.4 Å². The van der Waals surface area contributed by atoms with Crippen molar-refractivity contribution in [1.82, 2.24) is 30.8 Å². The van der Waals surface area contributed by atoms with Gasteiger partial charge in [-0.05, 0) is 67.6 Å². The van der Waals surface area contributed by atoms with Crippen LogP contribution in [0.1, 0.15) is 81.8 Å². The molecular formula is C48H61F3N8O6S. The lowest BCUT2D eigenvalue weighted by molar-refractivity contribution is -0.129. The average molecular weight is 935 g/mol.